The van der Waals surface area contributed by atoms with Crippen molar-refractivity contribution in [1.29, 1.82) is 0 Å². The Bertz CT molecular complexity index is 1130. The molecule has 2 heterocycles. The summed E-state index contributed by atoms with van der Waals surface area (Å²) < 4.78 is 1.60. The third kappa shape index (κ3) is 3.15. The first-order valence-electron chi connectivity index (χ1n) is 9.16. The van der Waals surface area contributed by atoms with E-state index in [1.807, 2.05) is 39.0 Å². The number of aryl methyl sites for hydroxylation is 4. The van der Waals surface area contributed by atoms with Crippen LogP contribution in [0.4, 0.5) is 0 Å². The van der Waals surface area contributed by atoms with Crippen molar-refractivity contribution in [3.05, 3.63) is 55.7 Å². The number of hydrogen-bond acceptors (Lipinski definition) is 5. The summed E-state index contributed by atoms with van der Waals surface area (Å²) in [5, 5.41) is 1.08. The van der Waals surface area contributed by atoms with Crippen molar-refractivity contribution in [3.8, 4) is 0 Å². The zero-order valence-electron chi connectivity index (χ0n) is 16.0. The Balaban J connectivity index is 1.69. The zero-order valence-corrected chi connectivity index (χ0v) is 17.6. The van der Waals surface area contributed by atoms with Crippen LogP contribution in [0, 0.1) is 13.8 Å². The highest BCUT2D eigenvalue weighted by molar-refractivity contribution is 8.00. The fourth-order valence-electron chi connectivity index (χ4n) is 3.64. The van der Waals surface area contributed by atoms with Gasteiger partial charge in [-0.05, 0) is 57.2 Å². The molecule has 1 aliphatic carbocycles. The molecule has 27 heavy (non-hydrogen) atoms. The summed E-state index contributed by atoms with van der Waals surface area (Å²) in [4.78, 5) is 32.7. The predicted octanol–water partition coefficient (Wildman–Crippen LogP) is 4.46. The molecule has 6 heteroatoms. The number of thiophene rings is 1. The summed E-state index contributed by atoms with van der Waals surface area (Å²) in [5.74, 6) is 0.0734. The smallest absolute Gasteiger partial charge is 0.262 e. The van der Waals surface area contributed by atoms with Gasteiger partial charge in [0.25, 0.3) is 5.56 Å². The maximum atomic E-state index is 13.0. The van der Waals surface area contributed by atoms with Gasteiger partial charge >= 0.3 is 0 Å². The van der Waals surface area contributed by atoms with Gasteiger partial charge in [0.2, 0.25) is 0 Å². The van der Waals surface area contributed by atoms with Gasteiger partial charge in [0.05, 0.1) is 10.6 Å². The van der Waals surface area contributed by atoms with Gasteiger partial charge in [0, 0.05) is 17.5 Å². The van der Waals surface area contributed by atoms with Gasteiger partial charge in [-0.25, -0.2) is 4.98 Å². The van der Waals surface area contributed by atoms with E-state index < -0.39 is 0 Å². The van der Waals surface area contributed by atoms with Gasteiger partial charge in [-0.15, -0.1) is 11.3 Å². The molecule has 1 aromatic carbocycles. The summed E-state index contributed by atoms with van der Waals surface area (Å²) in [6.07, 6.45) is 3.14. The van der Waals surface area contributed by atoms with Gasteiger partial charge < -0.3 is 0 Å². The average molecular weight is 399 g/mol. The molecule has 0 spiro atoms. The minimum atomic E-state index is -0.312. The van der Waals surface area contributed by atoms with Crippen molar-refractivity contribution in [1.82, 2.24) is 9.55 Å². The fourth-order valence-corrected chi connectivity index (χ4v) is 5.89. The van der Waals surface area contributed by atoms with E-state index >= 15 is 0 Å². The van der Waals surface area contributed by atoms with E-state index in [2.05, 4.69) is 0 Å². The number of carbonyl (C=O) groups excluding carboxylic acids is 1. The number of benzene rings is 1. The van der Waals surface area contributed by atoms with Crippen LogP contribution in [0.15, 0.2) is 28.2 Å². The number of rotatable bonds is 4. The molecule has 0 unspecified atom stereocenters. The number of thioether (sulfide) groups is 1. The standard InChI is InChI=1S/C21H22N2O2S2/c1-11-8-9-12(2)15(10-11)18(24)13(3)26-21-22-19-17(20(25)23(21)4)14-6-5-7-16(14)27-19/h8-10,13H,5-7H2,1-4H3/t13-/m0/s1. The molecule has 0 fully saturated rings. The Labute approximate surface area is 166 Å². The molecule has 4 nitrogen and oxygen atoms in total. The first kappa shape index (κ1) is 18.4. The molecule has 3 aromatic rings. The molecule has 0 N–H and O–H groups in total. The second kappa shape index (κ2) is 6.91. The van der Waals surface area contributed by atoms with Crippen LogP contribution < -0.4 is 5.56 Å². The summed E-state index contributed by atoms with van der Waals surface area (Å²) >= 11 is 3.00. The van der Waals surface area contributed by atoms with Gasteiger partial charge in [-0.3, -0.25) is 14.2 Å². The second-order valence-corrected chi connectivity index (χ2v) is 9.63. The van der Waals surface area contributed by atoms with Crippen molar-refractivity contribution in [2.24, 2.45) is 7.05 Å². The highest BCUT2D eigenvalue weighted by Crippen LogP contribution is 2.36. The highest BCUT2D eigenvalue weighted by Gasteiger charge is 2.25. The molecule has 0 amide bonds. The van der Waals surface area contributed by atoms with Crippen molar-refractivity contribution in [3.63, 3.8) is 0 Å². The molecule has 2 aromatic heterocycles. The van der Waals surface area contributed by atoms with Gasteiger partial charge in [-0.1, -0.05) is 29.5 Å². The van der Waals surface area contributed by atoms with E-state index in [0.717, 1.165) is 46.2 Å². The normalized spacial score (nSPS) is 14.5. The SMILES string of the molecule is Cc1ccc(C)c(C(=O)[C@H](C)Sc2nc3sc4c(c3c(=O)n2C)CCC4)c1. The molecule has 0 saturated carbocycles. The number of nitrogens with zero attached hydrogens (tertiary/aromatic N) is 2. The van der Waals surface area contributed by atoms with E-state index in [0.29, 0.717) is 5.16 Å². The van der Waals surface area contributed by atoms with Crippen LogP contribution in [0.25, 0.3) is 10.2 Å². The molecule has 4 rings (SSSR count). The Morgan fingerprint density at radius 2 is 2.07 bits per heavy atom. The Morgan fingerprint density at radius 1 is 1.30 bits per heavy atom. The fraction of sp³-hybridized carbons (Fsp3) is 0.381. The van der Waals surface area contributed by atoms with Gasteiger partial charge in [0.1, 0.15) is 4.83 Å². The minimum absolute atomic E-state index is 0.00767. The number of aromatic nitrogens is 2. The summed E-state index contributed by atoms with van der Waals surface area (Å²) in [6.45, 7) is 5.83. The number of carbonyl (C=O) groups is 1. The van der Waals surface area contributed by atoms with Crippen LogP contribution in [-0.4, -0.2) is 20.6 Å². The summed E-state index contributed by atoms with van der Waals surface area (Å²) in [5.41, 5.74) is 4.00. The van der Waals surface area contributed by atoms with Crippen LogP contribution in [-0.2, 0) is 19.9 Å². The van der Waals surface area contributed by atoms with Crippen LogP contribution in [0.3, 0.4) is 0 Å². The molecular formula is C21H22N2O2S2. The largest absolute Gasteiger partial charge is 0.293 e. The van der Waals surface area contributed by atoms with Gasteiger partial charge in [0.15, 0.2) is 10.9 Å². The van der Waals surface area contributed by atoms with Crippen LogP contribution in [0.2, 0.25) is 0 Å². The summed E-state index contributed by atoms with van der Waals surface area (Å²) in [6, 6.07) is 5.93. The lowest BCUT2D eigenvalue weighted by atomic mass is 10.0. The number of ketones is 1. The lowest BCUT2D eigenvalue weighted by Crippen LogP contribution is -2.22. The zero-order chi connectivity index (χ0) is 19.3. The average Bonchev–Trinajstić information content (AvgIpc) is 3.21. The van der Waals surface area contributed by atoms with E-state index in [4.69, 9.17) is 4.98 Å². The molecule has 1 aliphatic rings. The number of hydrogen-bond donors (Lipinski definition) is 0. The summed E-state index contributed by atoms with van der Waals surface area (Å²) in [7, 11) is 1.76. The third-order valence-electron chi connectivity index (χ3n) is 5.22. The Hall–Kier alpha value is -1.92. The van der Waals surface area contributed by atoms with E-state index in [1.165, 1.54) is 22.2 Å². The van der Waals surface area contributed by atoms with Crippen molar-refractivity contribution in [2.75, 3.05) is 0 Å². The Kier molecular flexibility index (Phi) is 4.72. The van der Waals surface area contributed by atoms with E-state index in [1.54, 1.807) is 23.0 Å². The van der Waals surface area contributed by atoms with Crippen molar-refractivity contribution in [2.45, 2.75) is 50.4 Å². The van der Waals surface area contributed by atoms with Crippen LogP contribution in [0.5, 0.6) is 0 Å². The maximum Gasteiger partial charge on any atom is 0.262 e. The molecule has 1 atom stereocenters. The molecule has 0 radical (unpaired) electrons. The van der Waals surface area contributed by atoms with Crippen molar-refractivity contribution >= 4 is 39.1 Å². The van der Waals surface area contributed by atoms with E-state index in [9.17, 15) is 9.59 Å². The van der Waals surface area contributed by atoms with E-state index in [-0.39, 0.29) is 16.6 Å². The second-order valence-electron chi connectivity index (χ2n) is 7.24. The molecular weight excluding hydrogens is 376 g/mol. The molecule has 0 aliphatic heterocycles. The minimum Gasteiger partial charge on any atom is -0.293 e. The number of Topliss-reactive ketones (excluding diaryl/α,β-unsaturated/α-hetero) is 1. The molecule has 140 valence electrons. The number of fused-ring (bicyclic) bond motifs is 3. The maximum absolute atomic E-state index is 13.0. The lowest BCUT2D eigenvalue weighted by Gasteiger charge is -2.14. The van der Waals surface area contributed by atoms with Crippen LogP contribution in [0.1, 0.15) is 45.3 Å². The Morgan fingerprint density at radius 3 is 2.85 bits per heavy atom. The van der Waals surface area contributed by atoms with Gasteiger partial charge in [-0.2, -0.15) is 0 Å². The van der Waals surface area contributed by atoms with Crippen molar-refractivity contribution < 1.29 is 4.79 Å². The first-order chi connectivity index (χ1) is 12.9. The quantitative estimate of drug-likeness (QED) is 0.370. The predicted molar refractivity (Wildman–Crippen MR) is 112 cm³/mol. The third-order valence-corrected chi connectivity index (χ3v) is 7.54. The topological polar surface area (TPSA) is 52.0 Å². The molecule has 0 bridgehead atoms. The van der Waals surface area contributed by atoms with Crippen LogP contribution >= 0.6 is 23.1 Å². The molecule has 0 saturated heterocycles. The first-order valence-corrected chi connectivity index (χ1v) is 10.9. The monoisotopic (exact) mass is 398 g/mol. The highest BCUT2D eigenvalue weighted by atomic mass is 32.2. The lowest BCUT2D eigenvalue weighted by molar-refractivity contribution is 0.0993.